The minimum absolute atomic E-state index is 0.0574. The summed E-state index contributed by atoms with van der Waals surface area (Å²) in [7, 11) is -2.54. The Hall–Kier alpha value is -4.71. The van der Waals surface area contributed by atoms with Crippen LogP contribution < -0.4 is 19.7 Å². The van der Waals surface area contributed by atoms with Crippen LogP contribution in [0.1, 0.15) is 73.8 Å². The number of aryl methyl sites for hydroxylation is 1. The van der Waals surface area contributed by atoms with E-state index in [9.17, 15) is 28.2 Å². The van der Waals surface area contributed by atoms with E-state index >= 15 is 0 Å². The molecule has 1 amide bonds. The first kappa shape index (κ1) is 46.8. The smallest absolute Gasteiger partial charge is 0.407 e. The Morgan fingerprint density at radius 3 is 2.38 bits per heavy atom. The Bertz CT molecular complexity index is 2450. The van der Waals surface area contributed by atoms with Crippen molar-refractivity contribution in [1.82, 2.24) is 9.62 Å². The summed E-state index contributed by atoms with van der Waals surface area (Å²) in [5.74, 6) is -0.745. The standard InChI is InChI=1S/C49H61N3O11S2/c1-30(2)25-52(65(57,58)35-17-15-32(59-6)16-18-35)28-41(53)39(50-47(56)63-42-29-61-49(5)38(42)20-22-60-49)23-31-11-13-33(14-12-31)62-34-26-51(27-34)40-10-8-7-9-36(40)45-44(46(54)55)37-24-48(3,4)21-19-43(37)64-45/h7-18,30,34,38-39,41-42,53H,19-29H2,1-6H3,(H,50,56)(H,54,55)/t38-,39-,41+,42-,49+/m0/s1. The van der Waals surface area contributed by atoms with Gasteiger partial charge in [-0.25, -0.2) is 18.0 Å². The summed E-state index contributed by atoms with van der Waals surface area (Å²) in [6, 6.07) is 20.6. The van der Waals surface area contributed by atoms with E-state index in [0.717, 1.165) is 46.5 Å². The van der Waals surface area contributed by atoms with E-state index in [4.69, 9.17) is 23.7 Å². The average molecular weight is 932 g/mol. The van der Waals surface area contributed by atoms with Gasteiger partial charge in [0.2, 0.25) is 10.0 Å². The number of thiophene rings is 1. The second-order valence-electron chi connectivity index (χ2n) is 19.1. The molecule has 3 N–H and O–H groups in total. The van der Waals surface area contributed by atoms with Gasteiger partial charge in [0.15, 0.2) is 5.79 Å². The minimum Gasteiger partial charge on any atom is -0.497 e. The molecular weight excluding hydrogens is 871 g/mol. The number of anilines is 1. The van der Waals surface area contributed by atoms with Crippen LogP contribution in [0.4, 0.5) is 10.5 Å². The van der Waals surface area contributed by atoms with Crippen LogP contribution in [0.2, 0.25) is 0 Å². The predicted molar refractivity (Wildman–Crippen MR) is 248 cm³/mol. The van der Waals surface area contributed by atoms with Gasteiger partial charge in [-0.15, -0.1) is 11.3 Å². The number of hydrogen-bond acceptors (Lipinski definition) is 12. The number of hydrogen-bond donors (Lipinski definition) is 3. The number of fused-ring (bicyclic) bond motifs is 2. The third-order valence-corrected chi connectivity index (χ3v) is 16.3. The molecule has 4 heterocycles. The molecule has 65 heavy (non-hydrogen) atoms. The summed E-state index contributed by atoms with van der Waals surface area (Å²) in [4.78, 5) is 30.5. The number of carboxylic acid groups (broad SMARTS) is 1. The third-order valence-electron chi connectivity index (χ3n) is 13.2. The molecular formula is C49H61N3O11S2. The zero-order valence-corrected chi connectivity index (χ0v) is 39.6. The fourth-order valence-corrected chi connectivity index (χ4v) is 12.5. The second kappa shape index (κ2) is 18.9. The van der Waals surface area contributed by atoms with Crippen molar-refractivity contribution < 1.29 is 51.9 Å². The molecule has 14 nitrogen and oxygen atoms in total. The largest absolute Gasteiger partial charge is 0.497 e. The van der Waals surface area contributed by atoms with E-state index in [-0.39, 0.29) is 54.4 Å². The Kier molecular flexibility index (Phi) is 13.6. The maximum atomic E-state index is 14.0. The monoisotopic (exact) mass is 931 g/mol. The topological polar surface area (TPSA) is 173 Å². The van der Waals surface area contributed by atoms with E-state index in [0.29, 0.717) is 43.2 Å². The molecule has 3 saturated heterocycles. The molecule has 3 aliphatic heterocycles. The quantitative estimate of drug-likeness (QED) is 0.0960. The number of sulfonamides is 1. The zero-order chi connectivity index (χ0) is 46.3. The molecule has 0 unspecified atom stereocenters. The van der Waals surface area contributed by atoms with Crippen molar-refractivity contribution in [2.75, 3.05) is 51.4 Å². The lowest BCUT2D eigenvalue weighted by Crippen LogP contribution is -2.54. The van der Waals surface area contributed by atoms with Crippen LogP contribution in [0.15, 0.2) is 77.7 Å². The first-order valence-corrected chi connectivity index (χ1v) is 24.7. The summed E-state index contributed by atoms with van der Waals surface area (Å²) in [6.07, 6.45) is 0.786. The van der Waals surface area contributed by atoms with Crippen LogP contribution in [-0.2, 0) is 43.5 Å². The number of aliphatic hydroxyl groups is 1. The number of nitrogens with one attached hydrogen (secondary N) is 1. The average Bonchev–Trinajstić information content (AvgIpc) is 3.92. The molecule has 1 aliphatic carbocycles. The molecule has 3 fully saturated rings. The first-order chi connectivity index (χ1) is 30.9. The van der Waals surface area contributed by atoms with Gasteiger partial charge in [-0.1, -0.05) is 58.0 Å². The third kappa shape index (κ3) is 10.2. The summed E-state index contributed by atoms with van der Waals surface area (Å²) in [6.45, 7) is 11.8. The molecule has 5 atom stereocenters. The summed E-state index contributed by atoms with van der Waals surface area (Å²) in [5, 5.41) is 25.2. The lowest BCUT2D eigenvalue weighted by molar-refractivity contribution is -0.181. The van der Waals surface area contributed by atoms with E-state index < -0.39 is 46.1 Å². The highest BCUT2D eigenvalue weighted by molar-refractivity contribution is 7.89. The van der Waals surface area contributed by atoms with E-state index in [1.807, 2.05) is 69.3 Å². The highest BCUT2D eigenvalue weighted by atomic mass is 32.2. The van der Waals surface area contributed by atoms with Crippen molar-refractivity contribution in [2.45, 2.75) is 102 Å². The van der Waals surface area contributed by atoms with E-state index in [2.05, 4.69) is 24.1 Å². The van der Waals surface area contributed by atoms with Gasteiger partial charge in [-0.3, -0.25) is 0 Å². The molecule has 3 aromatic carbocycles. The first-order valence-electron chi connectivity index (χ1n) is 22.5. The number of benzene rings is 3. The van der Waals surface area contributed by atoms with Crippen molar-refractivity contribution in [3.63, 3.8) is 0 Å². The Morgan fingerprint density at radius 1 is 0.985 bits per heavy atom. The minimum atomic E-state index is -4.05. The van der Waals surface area contributed by atoms with Gasteiger partial charge < -0.3 is 44.1 Å². The van der Waals surface area contributed by atoms with Crippen LogP contribution in [0, 0.1) is 17.3 Å². The molecule has 4 aliphatic rings. The maximum absolute atomic E-state index is 14.0. The number of aromatic carboxylic acids is 1. The van der Waals surface area contributed by atoms with Crippen LogP contribution in [-0.4, -0.2) is 112 Å². The Labute approximate surface area is 385 Å². The number of ether oxygens (including phenoxy) is 5. The van der Waals surface area contributed by atoms with Gasteiger partial charge in [0.05, 0.1) is 66.8 Å². The number of carbonyl (C=O) groups is 2. The lowest BCUT2D eigenvalue weighted by Gasteiger charge is -2.41. The number of alkyl carbamates (subject to hydrolysis) is 1. The van der Waals surface area contributed by atoms with Gasteiger partial charge in [-0.2, -0.15) is 4.31 Å². The summed E-state index contributed by atoms with van der Waals surface area (Å²) >= 11 is 1.61. The number of carboxylic acids is 1. The van der Waals surface area contributed by atoms with Gasteiger partial charge in [0.1, 0.15) is 23.7 Å². The lowest BCUT2D eigenvalue weighted by atomic mass is 9.76. The summed E-state index contributed by atoms with van der Waals surface area (Å²) in [5.41, 5.74) is 4.15. The fourth-order valence-electron chi connectivity index (χ4n) is 9.56. The van der Waals surface area contributed by atoms with Gasteiger partial charge in [-0.05, 0) is 104 Å². The molecule has 16 heteroatoms. The zero-order valence-electron chi connectivity index (χ0n) is 38.0. The van der Waals surface area contributed by atoms with Crippen LogP contribution in [0.3, 0.4) is 0 Å². The molecule has 0 radical (unpaired) electrons. The number of aliphatic hydroxyl groups excluding tert-OH is 1. The number of rotatable bonds is 17. The summed E-state index contributed by atoms with van der Waals surface area (Å²) < 4.78 is 58.4. The molecule has 8 rings (SSSR count). The Balaban J connectivity index is 0.951. The van der Waals surface area contributed by atoms with Crippen molar-refractivity contribution in [2.24, 2.45) is 17.3 Å². The van der Waals surface area contributed by atoms with Gasteiger partial charge in [0, 0.05) is 29.2 Å². The number of amides is 1. The van der Waals surface area contributed by atoms with Gasteiger partial charge >= 0.3 is 12.1 Å². The molecule has 1 aromatic heterocycles. The predicted octanol–water partition coefficient (Wildman–Crippen LogP) is 7.40. The van der Waals surface area contributed by atoms with E-state index in [1.54, 1.807) is 23.5 Å². The molecule has 0 spiro atoms. The van der Waals surface area contributed by atoms with Gasteiger partial charge in [0.25, 0.3) is 0 Å². The van der Waals surface area contributed by atoms with Crippen molar-refractivity contribution >= 4 is 39.1 Å². The molecule has 350 valence electrons. The molecule has 0 bridgehead atoms. The number of nitrogens with zero attached hydrogens (tertiary/aromatic N) is 2. The number of para-hydroxylation sites is 1. The Morgan fingerprint density at radius 2 is 1.69 bits per heavy atom. The highest BCUT2D eigenvalue weighted by Crippen LogP contribution is 2.48. The normalized spacial score (nSPS) is 22.5. The number of carbonyl (C=O) groups excluding carboxylic acids is 1. The van der Waals surface area contributed by atoms with Crippen molar-refractivity contribution in [3.8, 4) is 21.9 Å². The van der Waals surface area contributed by atoms with Crippen LogP contribution in [0.25, 0.3) is 10.4 Å². The SMILES string of the molecule is COc1ccc(S(=O)(=O)N(CC(C)C)C[C@@H](O)[C@H](Cc2ccc(OC3CN(c4ccccc4-c4sc5c(c4C(=O)O)CC(C)(C)CC5)C3)cc2)NC(=O)O[C@H]2CO[C@@]3(C)OCC[C@@H]23)cc1. The maximum Gasteiger partial charge on any atom is 0.407 e. The molecule has 0 saturated carbocycles. The fraction of sp³-hybridized carbons (Fsp3) is 0.510. The van der Waals surface area contributed by atoms with Crippen molar-refractivity contribution in [3.05, 3.63) is 94.4 Å². The highest BCUT2D eigenvalue weighted by Gasteiger charge is 2.53. The number of methoxy groups -OCH3 is 1. The van der Waals surface area contributed by atoms with Crippen LogP contribution in [0.5, 0.6) is 11.5 Å². The van der Waals surface area contributed by atoms with E-state index in [1.165, 1.54) is 28.4 Å². The molecule has 4 aromatic rings. The van der Waals surface area contributed by atoms with Crippen LogP contribution >= 0.6 is 11.3 Å². The van der Waals surface area contributed by atoms with Crippen molar-refractivity contribution in [1.29, 1.82) is 0 Å². The second-order valence-corrected chi connectivity index (χ2v) is 22.1.